The van der Waals surface area contributed by atoms with Gasteiger partial charge in [-0.2, -0.15) is 17.0 Å². The Morgan fingerprint density at radius 2 is 1.80 bits per heavy atom. The van der Waals surface area contributed by atoms with Crippen LogP contribution in [0.1, 0.15) is 41.5 Å². The standard InChI is InChI=1S/C12H24N2S/c1-9(2)11(5)15-8-12(6,7-13)14-10(3)4/h9-11,14H,8H2,1-6H3. The van der Waals surface area contributed by atoms with Crippen molar-refractivity contribution in [2.75, 3.05) is 5.75 Å². The molecule has 88 valence electrons. The summed E-state index contributed by atoms with van der Waals surface area (Å²) >= 11 is 1.87. The Morgan fingerprint density at radius 3 is 2.13 bits per heavy atom. The Balaban J connectivity index is 4.16. The van der Waals surface area contributed by atoms with Gasteiger partial charge in [0.25, 0.3) is 0 Å². The van der Waals surface area contributed by atoms with Crippen LogP contribution in [0.3, 0.4) is 0 Å². The Labute approximate surface area is 98.8 Å². The minimum Gasteiger partial charge on any atom is -0.297 e. The minimum absolute atomic E-state index is 0.351. The van der Waals surface area contributed by atoms with Crippen LogP contribution in [0.2, 0.25) is 0 Å². The van der Waals surface area contributed by atoms with Crippen LogP contribution in [0.4, 0.5) is 0 Å². The lowest BCUT2D eigenvalue weighted by Gasteiger charge is -2.27. The van der Waals surface area contributed by atoms with Crippen LogP contribution in [0.15, 0.2) is 0 Å². The third kappa shape index (κ3) is 6.06. The molecular weight excluding hydrogens is 204 g/mol. The number of hydrogen-bond acceptors (Lipinski definition) is 3. The number of nitriles is 1. The quantitative estimate of drug-likeness (QED) is 0.759. The van der Waals surface area contributed by atoms with E-state index in [0.717, 1.165) is 5.75 Å². The zero-order chi connectivity index (χ0) is 12.1. The van der Waals surface area contributed by atoms with E-state index < -0.39 is 5.54 Å². The molecule has 0 radical (unpaired) electrons. The number of rotatable bonds is 6. The molecule has 0 fully saturated rings. The average molecular weight is 228 g/mol. The van der Waals surface area contributed by atoms with E-state index in [1.165, 1.54) is 0 Å². The average Bonchev–Trinajstić information content (AvgIpc) is 2.13. The van der Waals surface area contributed by atoms with E-state index in [1.54, 1.807) is 0 Å². The summed E-state index contributed by atoms with van der Waals surface area (Å²) in [5.74, 6) is 1.51. The molecule has 0 aliphatic rings. The maximum absolute atomic E-state index is 9.16. The topological polar surface area (TPSA) is 35.8 Å². The van der Waals surface area contributed by atoms with E-state index in [0.29, 0.717) is 17.2 Å². The number of thioether (sulfide) groups is 1. The van der Waals surface area contributed by atoms with Crippen molar-refractivity contribution in [3.63, 3.8) is 0 Å². The smallest absolute Gasteiger partial charge is 0.113 e. The zero-order valence-corrected chi connectivity index (χ0v) is 11.6. The molecule has 2 nitrogen and oxygen atoms in total. The summed E-state index contributed by atoms with van der Waals surface area (Å²) in [5, 5.41) is 13.1. The van der Waals surface area contributed by atoms with Gasteiger partial charge in [-0.25, -0.2) is 0 Å². The van der Waals surface area contributed by atoms with Crippen molar-refractivity contribution in [1.82, 2.24) is 5.32 Å². The molecule has 0 spiro atoms. The van der Waals surface area contributed by atoms with Crippen LogP contribution >= 0.6 is 11.8 Å². The molecule has 1 N–H and O–H groups in total. The first kappa shape index (κ1) is 14.8. The molecule has 0 aromatic rings. The van der Waals surface area contributed by atoms with Crippen LogP contribution in [0, 0.1) is 17.2 Å². The summed E-state index contributed by atoms with van der Waals surface area (Å²) in [7, 11) is 0. The highest BCUT2D eigenvalue weighted by atomic mass is 32.2. The Bertz CT molecular complexity index is 220. The summed E-state index contributed by atoms with van der Waals surface area (Å²) in [6.07, 6.45) is 0. The fourth-order valence-corrected chi connectivity index (χ4v) is 2.36. The monoisotopic (exact) mass is 228 g/mol. The molecule has 0 saturated heterocycles. The predicted molar refractivity (Wildman–Crippen MR) is 69.0 cm³/mol. The molecule has 0 saturated carbocycles. The Kier molecular flexibility index (Phi) is 6.31. The maximum Gasteiger partial charge on any atom is 0.113 e. The van der Waals surface area contributed by atoms with Gasteiger partial charge in [0.15, 0.2) is 0 Å². The first-order valence-electron chi connectivity index (χ1n) is 5.61. The van der Waals surface area contributed by atoms with E-state index in [9.17, 15) is 0 Å². The Morgan fingerprint density at radius 1 is 1.27 bits per heavy atom. The van der Waals surface area contributed by atoms with Gasteiger partial charge in [0.1, 0.15) is 5.54 Å². The highest BCUT2D eigenvalue weighted by Crippen LogP contribution is 2.23. The van der Waals surface area contributed by atoms with Crippen molar-refractivity contribution < 1.29 is 0 Å². The van der Waals surface area contributed by atoms with Gasteiger partial charge >= 0.3 is 0 Å². The summed E-state index contributed by atoms with van der Waals surface area (Å²) in [6.45, 7) is 12.8. The van der Waals surface area contributed by atoms with Gasteiger partial charge in [-0.3, -0.25) is 5.32 Å². The summed E-state index contributed by atoms with van der Waals surface area (Å²) in [4.78, 5) is 0. The minimum atomic E-state index is -0.401. The largest absolute Gasteiger partial charge is 0.297 e. The van der Waals surface area contributed by atoms with Crippen molar-refractivity contribution >= 4 is 11.8 Å². The van der Waals surface area contributed by atoms with E-state index >= 15 is 0 Å². The van der Waals surface area contributed by atoms with Gasteiger partial charge in [0.2, 0.25) is 0 Å². The van der Waals surface area contributed by atoms with Gasteiger partial charge < -0.3 is 0 Å². The Hall–Kier alpha value is -0.200. The van der Waals surface area contributed by atoms with Crippen LogP contribution in [-0.2, 0) is 0 Å². The molecule has 0 rings (SSSR count). The van der Waals surface area contributed by atoms with Gasteiger partial charge in [-0.05, 0) is 26.7 Å². The first-order valence-corrected chi connectivity index (χ1v) is 6.66. The van der Waals surface area contributed by atoms with Crippen molar-refractivity contribution in [3.05, 3.63) is 0 Å². The number of hydrogen-bond donors (Lipinski definition) is 1. The number of nitrogens with zero attached hydrogens (tertiary/aromatic N) is 1. The normalized spacial score (nSPS) is 17.5. The summed E-state index contributed by atoms with van der Waals surface area (Å²) in [5.41, 5.74) is -0.401. The molecule has 0 amide bonds. The molecule has 2 atom stereocenters. The second-order valence-corrected chi connectivity index (χ2v) is 6.37. The lowest BCUT2D eigenvalue weighted by Crippen LogP contribution is -2.47. The molecule has 0 aliphatic heterocycles. The molecule has 3 heteroatoms. The molecule has 0 aliphatic carbocycles. The van der Waals surface area contributed by atoms with Gasteiger partial charge in [0.05, 0.1) is 6.07 Å². The fraction of sp³-hybridized carbons (Fsp3) is 0.917. The van der Waals surface area contributed by atoms with Crippen LogP contribution in [-0.4, -0.2) is 22.6 Å². The highest BCUT2D eigenvalue weighted by molar-refractivity contribution is 7.99. The van der Waals surface area contributed by atoms with Gasteiger partial charge in [-0.15, -0.1) is 0 Å². The van der Waals surface area contributed by atoms with E-state index in [-0.39, 0.29) is 0 Å². The lowest BCUT2D eigenvalue weighted by atomic mass is 10.1. The second-order valence-electron chi connectivity index (χ2n) is 5.00. The maximum atomic E-state index is 9.16. The molecule has 2 unspecified atom stereocenters. The molecule has 0 aromatic carbocycles. The molecule has 0 aromatic heterocycles. The first-order chi connectivity index (χ1) is 6.80. The van der Waals surface area contributed by atoms with Crippen molar-refractivity contribution in [2.45, 2.75) is 58.4 Å². The molecule has 0 heterocycles. The van der Waals surface area contributed by atoms with Crippen molar-refractivity contribution in [1.29, 1.82) is 5.26 Å². The summed E-state index contributed by atoms with van der Waals surface area (Å²) in [6, 6.07) is 2.72. The van der Waals surface area contributed by atoms with Gasteiger partial charge in [0, 0.05) is 17.0 Å². The highest BCUT2D eigenvalue weighted by Gasteiger charge is 2.25. The van der Waals surface area contributed by atoms with E-state index in [1.807, 2.05) is 18.7 Å². The van der Waals surface area contributed by atoms with Gasteiger partial charge in [-0.1, -0.05) is 20.8 Å². The van der Waals surface area contributed by atoms with Crippen LogP contribution < -0.4 is 5.32 Å². The third-order valence-electron chi connectivity index (χ3n) is 2.43. The fourth-order valence-electron chi connectivity index (χ4n) is 1.23. The number of nitrogens with one attached hydrogen (secondary N) is 1. The van der Waals surface area contributed by atoms with E-state index in [2.05, 4.69) is 46.0 Å². The molecular formula is C12H24N2S. The van der Waals surface area contributed by atoms with Crippen molar-refractivity contribution in [2.24, 2.45) is 5.92 Å². The summed E-state index contributed by atoms with van der Waals surface area (Å²) < 4.78 is 0. The predicted octanol–water partition coefficient (Wildman–Crippen LogP) is 3.04. The molecule has 15 heavy (non-hydrogen) atoms. The zero-order valence-electron chi connectivity index (χ0n) is 10.8. The van der Waals surface area contributed by atoms with E-state index in [4.69, 9.17) is 5.26 Å². The van der Waals surface area contributed by atoms with Crippen LogP contribution in [0.25, 0.3) is 0 Å². The SMILES string of the molecule is CC(C)NC(C)(C#N)CSC(C)C(C)C. The van der Waals surface area contributed by atoms with Crippen LogP contribution in [0.5, 0.6) is 0 Å². The lowest BCUT2D eigenvalue weighted by molar-refractivity contribution is 0.442. The third-order valence-corrected chi connectivity index (χ3v) is 4.24. The molecule has 0 bridgehead atoms. The van der Waals surface area contributed by atoms with Crippen molar-refractivity contribution in [3.8, 4) is 6.07 Å². The second kappa shape index (κ2) is 6.40.